The molecule has 0 N–H and O–H groups in total. The summed E-state index contributed by atoms with van der Waals surface area (Å²) in [6.45, 7) is 6.12. The lowest BCUT2D eigenvalue weighted by Gasteiger charge is -2.36. The van der Waals surface area contributed by atoms with Crippen molar-refractivity contribution in [2.75, 3.05) is 52.9 Å². The first-order valence-electron chi connectivity index (χ1n) is 10.3. The molecule has 2 saturated heterocycles. The summed E-state index contributed by atoms with van der Waals surface area (Å²) in [5, 5.41) is 0. The van der Waals surface area contributed by atoms with Crippen molar-refractivity contribution in [3.8, 4) is 17.2 Å². The highest BCUT2D eigenvalue weighted by Gasteiger charge is 2.31. The summed E-state index contributed by atoms with van der Waals surface area (Å²) in [6, 6.07) is 17.5. The lowest BCUT2D eigenvalue weighted by atomic mass is 10.2. The predicted octanol–water partition coefficient (Wildman–Crippen LogP) is 2.71. The molecule has 2 aliphatic rings. The average Bonchev–Trinajstić information content (AvgIpc) is 3.25. The van der Waals surface area contributed by atoms with Crippen LogP contribution < -0.4 is 9.47 Å². The van der Waals surface area contributed by atoms with Crippen molar-refractivity contribution < 1.29 is 14.3 Å². The Bertz CT molecular complexity index is 789. The zero-order chi connectivity index (χ0) is 20.1. The molecule has 0 radical (unpaired) electrons. The number of carbonyl (C=O) groups excluding carboxylic acids is 1. The highest BCUT2D eigenvalue weighted by molar-refractivity contribution is 5.78. The van der Waals surface area contributed by atoms with E-state index in [-0.39, 0.29) is 12.5 Å². The van der Waals surface area contributed by atoms with Crippen LogP contribution in [0.15, 0.2) is 54.6 Å². The smallest absolute Gasteiger partial charge is 0.260 e. The van der Waals surface area contributed by atoms with Gasteiger partial charge in [0, 0.05) is 45.3 Å². The van der Waals surface area contributed by atoms with Gasteiger partial charge in [0.1, 0.15) is 17.2 Å². The molecule has 1 unspecified atom stereocenters. The van der Waals surface area contributed by atoms with Gasteiger partial charge in [0.15, 0.2) is 6.61 Å². The SMILES string of the molecule is CN1CCN(C2CCN(C(=O)COc3ccc(Oc4ccccc4)cc3)C2)CC1. The summed E-state index contributed by atoms with van der Waals surface area (Å²) >= 11 is 0. The van der Waals surface area contributed by atoms with Crippen molar-refractivity contribution in [2.45, 2.75) is 12.5 Å². The fraction of sp³-hybridized carbons (Fsp3) is 0.435. The Morgan fingerprint density at radius 3 is 2.28 bits per heavy atom. The lowest BCUT2D eigenvalue weighted by Crippen LogP contribution is -2.50. The Morgan fingerprint density at radius 1 is 0.897 bits per heavy atom. The number of rotatable bonds is 6. The van der Waals surface area contributed by atoms with Crippen LogP contribution in [0.5, 0.6) is 17.2 Å². The van der Waals surface area contributed by atoms with Crippen LogP contribution in [0.25, 0.3) is 0 Å². The topological polar surface area (TPSA) is 45.2 Å². The molecular formula is C23H29N3O3. The maximum Gasteiger partial charge on any atom is 0.260 e. The molecule has 0 aromatic heterocycles. The minimum atomic E-state index is 0.0613. The van der Waals surface area contributed by atoms with Crippen molar-refractivity contribution in [1.29, 1.82) is 0 Å². The number of piperazine rings is 1. The Hall–Kier alpha value is -2.57. The zero-order valence-corrected chi connectivity index (χ0v) is 17.0. The Morgan fingerprint density at radius 2 is 1.55 bits per heavy atom. The first-order valence-corrected chi connectivity index (χ1v) is 10.3. The molecule has 154 valence electrons. The largest absolute Gasteiger partial charge is 0.484 e. The Kier molecular flexibility index (Phi) is 6.32. The number of amides is 1. The van der Waals surface area contributed by atoms with Gasteiger partial charge in [-0.2, -0.15) is 0 Å². The van der Waals surface area contributed by atoms with Crippen molar-refractivity contribution in [2.24, 2.45) is 0 Å². The van der Waals surface area contributed by atoms with E-state index in [4.69, 9.17) is 9.47 Å². The minimum absolute atomic E-state index is 0.0613. The molecular weight excluding hydrogens is 366 g/mol. The van der Waals surface area contributed by atoms with Crippen LogP contribution in [0.1, 0.15) is 6.42 Å². The number of carbonyl (C=O) groups is 1. The monoisotopic (exact) mass is 395 g/mol. The maximum absolute atomic E-state index is 12.6. The quantitative estimate of drug-likeness (QED) is 0.753. The van der Waals surface area contributed by atoms with Crippen molar-refractivity contribution in [3.63, 3.8) is 0 Å². The van der Waals surface area contributed by atoms with Crippen molar-refractivity contribution in [3.05, 3.63) is 54.6 Å². The second kappa shape index (κ2) is 9.29. The molecule has 2 heterocycles. The van der Waals surface area contributed by atoms with Crippen LogP contribution in [-0.2, 0) is 4.79 Å². The first kappa shape index (κ1) is 19.7. The van der Waals surface area contributed by atoms with E-state index in [1.807, 2.05) is 59.5 Å². The number of likely N-dealkylation sites (N-methyl/N-ethyl adjacent to an activating group) is 1. The summed E-state index contributed by atoms with van der Waals surface area (Å²) in [5.74, 6) is 2.27. The first-order chi connectivity index (χ1) is 14.2. The highest BCUT2D eigenvalue weighted by atomic mass is 16.5. The van der Waals surface area contributed by atoms with Gasteiger partial charge in [0.25, 0.3) is 5.91 Å². The van der Waals surface area contributed by atoms with Gasteiger partial charge in [-0.1, -0.05) is 18.2 Å². The van der Waals surface area contributed by atoms with Gasteiger partial charge in [-0.25, -0.2) is 0 Å². The normalized spacial score (nSPS) is 20.6. The molecule has 1 atom stereocenters. The summed E-state index contributed by atoms with van der Waals surface area (Å²) in [4.78, 5) is 19.4. The van der Waals surface area contributed by atoms with Gasteiger partial charge in [-0.15, -0.1) is 0 Å². The summed E-state index contributed by atoms with van der Waals surface area (Å²) in [6.07, 6.45) is 1.06. The third-order valence-corrected chi connectivity index (χ3v) is 5.74. The molecule has 1 amide bonds. The molecule has 2 aliphatic heterocycles. The number of nitrogens with zero attached hydrogens (tertiary/aromatic N) is 3. The third kappa shape index (κ3) is 5.28. The highest BCUT2D eigenvalue weighted by Crippen LogP contribution is 2.24. The van der Waals surface area contributed by atoms with Gasteiger partial charge in [-0.05, 0) is 49.9 Å². The summed E-state index contributed by atoms with van der Waals surface area (Å²) < 4.78 is 11.5. The maximum atomic E-state index is 12.6. The van der Waals surface area contributed by atoms with E-state index < -0.39 is 0 Å². The molecule has 6 heteroatoms. The van der Waals surface area contributed by atoms with Crippen molar-refractivity contribution in [1.82, 2.24) is 14.7 Å². The number of ether oxygens (including phenoxy) is 2. The number of para-hydroxylation sites is 1. The molecule has 0 spiro atoms. The van der Waals surface area contributed by atoms with Crippen LogP contribution >= 0.6 is 0 Å². The molecule has 4 rings (SSSR count). The van der Waals surface area contributed by atoms with E-state index in [1.165, 1.54) is 0 Å². The molecule has 29 heavy (non-hydrogen) atoms. The van der Waals surface area contributed by atoms with E-state index in [9.17, 15) is 4.79 Å². The fourth-order valence-electron chi connectivity index (χ4n) is 3.92. The van der Waals surface area contributed by atoms with Crippen LogP contribution in [0.2, 0.25) is 0 Å². The van der Waals surface area contributed by atoms with Gasteiger partial charge >= 0.3 is 0 Å². The molecule has 2 aromatic carbocycles. The lowest BCUT2D eigenvalue weighted by molar-refractivity contribution is -0.132. The molecule has 6 nitrogen and oxygen atoms in total. The summed E-state index contributed by atoms with van der Waals surface area (Å²) in [5.41, 5.74) is 0. The van der Waals surface area contributed by atoms with Crippen LogP contribution in [0.4, 0.5) is 0 Å². The molecule has 0 aliphatic carbocycles. The average molecular weight is 396 g/mol. The Labute approximate surface area is 172 Å². The van der Waals surface area contributed by atoms with Gasteiger partial charge in [-0.3, -0.25) is 9.69 Å². The fourth-order valence-corrected chi connectivity index (χ4v) is 3.92. The van der Waals surface area contributed by atoms with Gasteiger partial charge in [0.2, 0.25) is 0 Å². The number of hydrogen-bond acceptors (Lipinski definition) is 5. The minimum Gasteiger partial charge on any atom is -0.484 e. The Balaban J connectivity index is 1.22. The van der Waals surface area contributed by atoms with E-state index >= 15 is 0 Å². The zero-order valence-electron chi connectivity index (χ0n) is 17.0. The van der Waals surface area contributed by atoms with Crippen molar-refractivity contribution >= 4 is 5.91 Å². The molecule has 2 aromatic rings. The van der Waals surface area contributed by atoms with Gasteiger partial charge in [0.05, 0.1) is 0 Å². The van der Waals surface area contributed by atoms with Crippen LogP contribution in [0.3, 0.4) is 0 Å². The molecule has 0 saturated carbocycles. The predicted molar refractivity (Wildman–Crippen MR) is 113 cm³/mol. The van der Waals surface area contributed by atoms with E-state index in [2.05, 4.69) is 16.8 Å². The molecule has 0 bridgehead atoms. The summed E-state index contributed by atoms with van der Waals surface area (Å²) in [7, 11) is 2.17. The van der Waals surface area contributed by atoms with E-state index in [1.54, 1.807) is 0 Å². The number of likely N-dealkylation sites (tertiary alicyclic amines) is 1. The number of hydrogen-bond donors (Lipinski definition) is 0. The second-order valence-corrected chi connectivity index (χ2v) is 7.80. The second-order valence-electron chi connectivity index (χ2n) is 7.80. The molecule has 2 fully saturated rings. The van der Waals surface area contributed by atoms with Gasteiger partial charge < -0.3 is 19.3 Å². The van der Waals surface area contributed by atoms with E-state index in [0.29, 0.717) is 11.8 Å². The van der Waals surface area contributed by atoms with Crippen LogP contribution in [-0.4, -0.2) is 79.6 Å². The van der Waals surface area contributed by atoms with E-state index in [0.717, 1.165) is 57.2 Å². The third-order valence-electron chi connectivity index (χ3n) is 5.74. The standard InChI is InChI=1S/C23H29N3O3/c1-24-13-15-25(16-14-24)19-11-12-26(17-19)23(27)18-28-20-7-9-22(10-8-20)29-21-5-3-2-4-6-21/h2-10,19H,11-18H2,1H3. The number of benzene rings is 2. The van der Waals surface area contributed by atoms with Crippen LogP contribution in [0, 0.1) is 0 Å².